The van der Waals surface area contributed by atoms with Gasteiger partial charge < -0.3 is 5.32 Å². The van der Waals surface area contributed by atoms with Crippen molar-refractivity contribution in [1.82, 2.24) is 5.32 Å². The second-order valence-electron chi connectivity index (χ2n) is 5.48. The third-order valence-corrected chi connectivity index (χ3v) is 7.18. The van der Waals surface area contributed by atoms with E-state index in [1.807, 2.05) is 0 Å². The lowest BCUT2D eigenvalue weighted by Gasteiger charge is -2.37. The van der Waals surface area contributed by atoms with E-state index in [9.17, 15) is 0 Å². The van der Waals surface area contributed by atoms with E-state index in [-0.39, 0.29) is 0 Å². The lowest BCUT2D eigenvalue weighted by atomic mass is 9.74. The van der Waals surface area contributed by atoms with E-state index in [4.69, 9.17) is 0 Å². The molecule has 1 aromatic carbocycles. The maximum Gasteiger partial charge on any atom is 0.0292 e. The highest BCUT2D eigenvalue weighted by atomic mass is 32.2. The van der Waals surface area contributed by atoms with Gasteiger partial charge >= 0.3 is 0 Å². The molecule has 1 fully saturated rings. The molecule has 1 aliphatic carbocycles. The molecule has 0 aromatic heterocycles. The maximum atomic E-state index is 3.75. The molecule has 3 atom stereocenters. The SMILES string of the molecule is CCNC(CC1Cc2ccccc21)C1CSCCS1. The molecule has 3 rings (SSSR count). The minimum absolute atomic E-state index is 0.696. The van der Waals surface area contributed by atoms with Crippen LogP contribution in [0.2, 0.25) is 0 Å². The zero-order valence-electron chi connectivity index (χ0n) is 11.6. The lowest BCUT2D eigenvalue weighted by molar-refractivity contribution is 0.423. The summed E-state index contributed by atoms with van der Waals surface area (Å²) < 4.78 is 0. The molecule has 1 aromatic rings. The minimum atomic E-state index is 0.696. The molecule has 0 radical (unpaired) electrons. The largest absolute Gasteiger partial charge is 0.313 e. The smallest absolute Gasteiger partial charge is 0.0292 e. The van der Waals surface area contributed by atoms with E-state index in [0.717, 1.165) is 17.7 Å². The van der Waals surface area contributed by atoms with Crippen LogP contribution in [0.15, 0.2) is 24.3 Å². The summed E-state index contributed by atoms with van der Waals surface area (Å²) in [6.45, 7) is 3.34. The van der Waals surface area contributed by atoms with Crippen molar-refractivity contribution in [3.05, 3.63) is 35.4 Å². The number of nitrogens with one attached hydrogen (secondary N) is 1. The van der Waals surface area contributed by atoms with Gasteiger partial charge in [-0.15, -0.1) is 0 Å². The summed E-state index contributed by atoms with van der Waals surface area (Å²) in [6.07, 6.45) is 2.62. The topological polar surface area (TPSA) is 12.0 Å². The Hall–Kier alpha value is -0.120. The van der Waals surface area contributed by atoms with Gasteiger partial charge in [-0.3, -0.25) is 0 Å². The van der Waals surface area contributed by atoms with Gasteiger partial charge in [-0.1, -0.05) is 31.2 Å². The van der Waals surface area contributed by atoms with Crippen LogP contribution in [0.1, 0.15) is 30.4 Å². The van der Waals surface area contributed by atoms with Crippen molar-refractivity contribution in [2.24, 2.45) is 0 Å². The molecule has 104 valence electrons. The Morgan fingerprint density at radius 3 is 2.95 bits per heavy atom. The van der Waals surface area contributed by atoms with Crippen LogP contribution in [0.5, 0.6) is 0 Å². The second-order valence-corrected chi connectivity index (χ2v) is 7.98. The standard InChI is InChI=1S/C16H23NS2/c1-2-17-15(16-11-18-7-8-19-16)10-13-9-12-5-3-4-6-14(12)13/h3-6,13,15-17H,2,7-11H2,1H3. The Bertz CT molecular complexity index is 415. The Morgan fingerprint density at radius 1 is 1.32 bits per heavy atom. The Balaban J connectivity index is 1.62. The van der Waals surface area contributed by atoms with Gasteiger partial charge in [-0.2, -0.15) is 23.5 Å². The maximum absolute atomic E-state index is 3.75. The molecule has 0 spiro atoms. The Labute approximate surface area is 125 Å². The molecule has 0 amide bonds. The summed E-state index contributed by atoms with van der Waals surface area (Å²) in [5.41, 5.74) is 3.19. The van der Waals surface area contributed by atoms with Crippen LogP contribution >= 0.6 is 23.5 Å². The van der Waals surface area contributed by atoms with Crippen molar-refractivity contribution in [3.63, 3.8) is 0 Å². The van der Waals surface area contributed by atoms with Crippen molar-refractivity contribution in [1.29, 1.82) is 0 Å². The molecule has 1 N–H and O–H groups in total. The highest BCUT2D eigenvalue weighted by molar-refractivity contribution is 8.06. The average molecular weight is 294 g/mol. The molecule has 3 unspecified atom stereocenters. The van der Waals surface area contributed by atoms with E-state index in [0.29, 0.717) is 6.04 Å². The average Bonchev–Trinajstić information content (AvgIpc) is 2.44. The lowest BCUT2D eigenvalue weighted by Crippen LogP contribution is -2.43. The third kappa shape index (κ3) is 3.14. The fourth-order valence-corrected chi connectivity index (χ4v) is 6.15. The molecule has 3 heteroatoms. The number of thioether (sulfide) groups is 2. The molecule has 1 aliphatic heterocycles. The number of hydrogen-bond acceptors (Lipinski definition) is 3. The van der Waals surface area contributed by atoms with Crippen LogP contribution < -0.4 is 5.32 Å². The molecule has 1 nitrogen and oxygen atoms in total. The number of hydrogen-bond donors (Lipinski definition) is 1. The Kier molecular flexibility index (Phi) is 4.78. The van der Waals surface area contributed by atoms with E-state index in [1.165, 1.54) is 30.1 Å². The third-order valence-electron chi connectivity index (χ3n) is 4.26. The summed E-state index contributed by atoms with van der Waals surface area (Å²) in [6, 6.07) is 9.68. The van der Waals surface area contributed by atoms with Gasteiger partial charge in [0.05, 0.1) is 0 Å². The fourth-order valence-electron chi connectivity index (χ4n) is 3.25. The van der Waals surface area contributed by atoms with E-state index in [2.05, 4.69) is 60.0 Å². The molecule has 2 aliphatic rings. The van der Waals surface area contributed by atoms with E-state index < -0.39 is 0 Å². The summed E-state index contributed by atoms with van der Waals surface area (Å²) >= 11 is 4.32. The quantitative estimate of drug-likeness (QED) is 0.892. The van der Waals surface area contributed by atoms with Gasteiger partial charge in [0.1, 0.15) is 0 Å². The van der Waals surface area contributed by atoms with Crippen molar-refractivity contribution < 1.29 is 0 Å². The van der Waals surface area contributed by atoms with Gasteiger partial charge in [-0.25, -0.2) is 0 Å². The fraction of sp³-hybridized carbons (Fsp3) is 0.625. The van der Waals surface area contributed by atoms with Crippen LogP contribution in [0.25, 0.3) is 0 Å². The second kappa shape index (κ2) is 6.55. The van der Waals surface area contributed by atoms with Gasteiger partial charge in [0.2, 0.25) is 0 Å². The van der Waals surface area contributed by atoms with E-state index in [1.54, 1.807) is 11.1 Å². The number of rotatable bonds is 5. The highest BCUT2D eigenvalue weighted by Crippen LogP contribution is 2.40. The normalized spacial score (nSPS) is 27.4. The molecule has 1 heterocycles. The molecule has 1 saturated heterocycles. The van der Waals surface area contributed by atoms with Crippen LogP contribution in [0.4, 0.5) is 0 Å². The highest BCUT2D eigenvalue weighted by Gasteiger charge is 2.31. The summed E-state index contributed by atoms with van der Waals surface area (Å²) in [5, 5.41) is 4.56. The van der Waals surface area contributed by atoms with Crippen LogP contribution in [-0.4, -0.2) is 35.1 Å². The summed E-state index contributed by atoms with van der Waals surface area (Å²) in [4.78, 5) is 0. The predicted octanol–water partition coefficient (Wildman–Crippen LogP) is 3.54. The molecule has 19 heavy (non-hydrogen) atoms. The van der Waals surface area contributed by atoms with Crippen molar-refractivity contribution >= 4 is 23.5 Å². The molecular weight excluding hydrogens is 270 g/mol. The van der Waals surface area contributed by atoms with Crippen molar-refractivity contribution in [2.75, 3.05) is 23.8 Å². The first-order valence-electron chi connectivity index (χ1n) is 7.39. The van der Waals surface area contributed by atoms with Crippen molar-refractivity contribution in [3.8, 4) is 0 Å². The Morgan fingerprint density at radius 2 is 2.21 bits per heavy atom. The summed E-state index contributed by atoms with van der Waals surface area (Å²) in [7, 11) is 0. The van der Waals surface area contributed by atoms with Crippen LogP contribution in [-0.2, 0) is 6.42 Å². The predicted molar refractivity (Wildman–Crippen MR) is 88.5 cm³/mol. The van der Waals surface area contributed by atoms with Gasteiger partial charge in [-0.05, 0) is 36.4 Å². The zero-order valence-corrected chi connectivity index (χ0v) is 13.2. The first-order chi connectivity index (χ1) is 9.38. The molecular formula is C16H23NS2. The zero-order chi connectivity index (χ0) is 13.1. The van der Waals surface area contributed by atoms with E-state index >= 15 is 0 Å². The van der Waals surface area contributed by atoms with Gasteiger partial charge in [0.15, 0.2) is 0 Å². The van der Waals surface area contributed by atoms with Crippen LogP contribution in [0, 0.1) is 0 Å². The van der Waals surface area contributed by atoms with Gasteiger partial charge in [0.25, 0.3) is 0 Å². The molecule has 0 bridgehead atoms. The first-order valence-corrected chi connectivity index (χ1v) is 9.59. The summed E-state index contributed by atoms with van der Waals surface area (Å²) in [5.74, 6) is 4.80. The number of fused-ring (bicyclic) bond motifs is 1. The monoisotopic (exact) mass is 293 g/mol. The first kappa shape index (κ1) is 13.8. The minimum Gasteiger partial charge on any atom is -0.313 e. The van der Waals surface area contributed by atoms with Crippen LogP contribution in [0.3, 0.4) is 0 Å². The molecule has 0 saturated carbocycles. The number of benzene rings is 1. The van der Waals surface area contributed by atoms with Gasteiger partial charge in [0, 0.05) is 28.6 Å². The van der Waals surface area contributed by atoms with Crippen molar-refractivity contribution in [2.45, 2.75) is 37.0 Å².